The molecule has 41 heavy (non-hydrogen) atoms. The summed E-state index contributed by atoms with van der Waals surface area (Å²) in [5.41, 5.74) is 3.59. The molecule has 5 rings (SSSR count). The normalized spacial score (nSPS) is 13.2. The second-order valence-electron chi connectivity index (χ2n) is 9.42. The number of halogens is 1. The van der Waals surface area contributed by atoms with E-state index in [0.29, 0.717) is 54.6 Å². The molecule has 0 N–H and O–H groups in total. The van der Waals surface area contributed by atoms with Crippen LogP contribution < -0.4 is 14.4 Å². The number of methoxy groups -OCH3 is 2. The Balaban J connectivity index is 1.32. The lowest BCUT2D eigenvalue weighted by Crippen LogP contribution is -2.48. The molecule has 0 spiro atoms. The van der Waals surface area contributed by atoms with Crippen molar-refractivity contribution in [3.63, 3.8) is 0 Å². The number of carbonyl (C=O) groups excluding carboxylic acids is 2. The number of hydrogen-bond donors (Lipinski definition) is 0. The van der Waals surface area contributed by atoms with E-state index >= 15 is 0 Å². The van der Waals surface area contributed by atoms with E-state index in [1.54, 1.807) is 55.1 Å². The molecule has 9 nitrogen and oxygen atoms in total. The van der Waals surface area contributed by atoms with Crippen LogP contribution >= 0.6 is 0 Å². The molecule has 1 fully saturated rings. The van der Waals surface area contributed by atoms with Crippen molar-refractivity contribution < 1.29 is 28.2 Å². The number of benzene rings is 3. The SMILES string of the molecule is CCOC(=O)c1cc(-c2ccc(N3CCN(C(=O)c4ccc(OC)cc4OC)CC3)cc2)n(-c2cccc(F)c2)n1. The molecule has 1 aliphatic rings. The number of rotatable bonds is 8. The Labute approximate surface area is 237 Å². The molecule has 3 aromatic carbocycles. The Morgan fingerprint density at radius 1 is 0.878 bits per heavy atom. The molecule has 10 heteroatoms. The van der Waals surface area contributed by atoms with Gasteiger partial charge in [-0.15, -0.1) is 0 Å². The van der Waals surface area contributed by atoms with E-state index in [9.17, 15) is 14.0 Å². The molecular formula is C31H31FN4O5. The monoisotopic (exact) mass is 558 g/mol. The highest BCUT2D eigenvalue weighted by atomic mass is 19.1. The molecule has 0 saturated carbocycles. The molecule has 2 heterocycles. The number of hydrogen-bond acceptors (Lipinski definition) is 7. The third kappa shape index (κ3) is 5.86. The van der Waals surface area contributed by atoms with E-state index in [4.69, 9.17) is 14.2 Å². The maximum atomic E-state index is 14.0. The largest absolute Gasteiger partial charge is 0.497 e. The molecule has 212 valence electrons. The van der Waals surface area contributed by atoms with Gasteiger partial charge >= 0.3 is 5.97 Å². The van der Waals surface area contributed by atoms with Crippen molar-refractivity contribution in [2.75, 3.05) is 51.9 Å². The Bertz CT molecular complexity index is 1540. The molecule has 0 bridgehead atoms. The number of amides is 1. The van der Waals surface area contributed by atoms with Crippen LogP contribution in [0.25, 0.3) is 16.9 Å². The van der Waals surface area contributed by atoms with Gasteiger partial charge in [-0.3, -0.25) is 4.79 Å². The summed E-state index contributed by atoms with van der Waals surface area (Å²) < 4.78 is 31.3. The molecule has 0 radical (unpaired) electrons. The van der Waals surface area contributed by atoms with Gasteiger partial charge in [0.15, 0.2) is 5.69 Å². The van der Waals surface area contributed by atoms with Crippen molar-refractivity contribution in [3.8, 4) is 28.4 Å². The van der Waals surface area contributed by atoms with Gasteiger partial charge in [-0.2, -0.15) is 5.10 Å². The van der Waals surface area contributed by atoms with Gasteiger partial charge in [-0.1, -0.05) is 18.2 Å². The minimum Gasteiger partial charge on any atom is -0.497 e. The van der Waals surface area contributed by atoms with Crippen molar-refractivity contribution in [1.82, 2.24) is 14.7 Å². The van der Waals surface area contributed by atoms with Crippen molar-refractivity contribution in [2.45, 2.75) is 6.92 Å². The van der Waals surface area contributed by atoms with Crippen LogP contribution in [-0.2, 0) is 4.74 Å². The van der Waals surface area contributed by atoms with Crippen LogP contribution in [0, 0.1) is 5.82 Å². The van der Waals surface area contributed by atoms with E-state index < -0.39 is 11.8 Å². The number of esters is 1. The van der Waals surface area contributed by atoms with Gasteiger partial charge in [0, 0.05) is 43.5 Å². The van der Waals surface area contributed by atoms with Crippen LogP contribution in [0.5, 0.6) is 11.5 Å². The fourth-order valence-corrected chi connectivity index (χ4v) is 4.85. The van der Waals surface area contributed by atoms with Crippen LogP contribution in [-0.4, -0.2) is 73.6 Å². The average Bonchev–Trinajstić information content (AvgIpc) is 3.46. The Morgan fingerprint density at radius 2 is 1.63 bits per heavy atom. The topological polar surface area (TPSA) is 86.1 Å². The van der Waals surface area contributed by atoms with Gasteiger partial charge in [-0.25, -0.2) is 13.9 Å². The third-order valence-corrected chi connectivity index (χ3v) is 6.98. The van der Waals surface area contributed by atoms with Gasteiger partial charge in [0.25, 0.3) is 5.91 Å². The van der Waals surface area contributed by atoms with Crippen LogP contribution in [0.15, 0.2) is 72.8 Å². The molecule has 1 amide bonds. The molecule has 0 atom stereocenters. The van der Waals surface area contributed by atoms with Crippen molar-refractivity contribution in [1.29, 1.82) is 0 Å². The first-order chi connectivity index (χ1) is 19.9. The van der Waals surface area contributed by atoms with Gasteiger partial charge in [-0.05, 0) is 55.5 Å². The summed E-state index contributed by atoms with van der Waals surface area (Å²) in [5, 5.41) is 4.41. The van der Waals surface area contributed by atoms with Crippen molar-refractivity contribution in [3.05, 3.63) is 89.9 Å². The highest BCUT2D eigenvalue weighted by Gasteiger charge is 2.25. The van der Waals surface area contributed by atoms with Crippen molar-refractivity contribution >= 4 is 17.6 Å². The van der Waals surface area contributed by atoms with Crippen LogP contribution in [0.2, 0.25) is 0 Å². The highest BCUT2D eigenvalue weighted by molar-refractivity contribution is 5.97. The lowest BCUT2D eigenvalue weighted by Gasteiger charge is -2.36. The Kier molecular flexibility index (Phi) is 8.19. The summed E-state index contributed by atoms with van der Waals surface area (Å²) in [6.07, 6.45) is 0. The second kappa shape index (κ2) is 12.1. The second-order valence-corrected chi connectivity index (χ2v) is 9.42. The molecule has 0 unspecified atom stereocenters. The van der Waals surface area contributed by atoms with Gasteiger partial charge < -0.3 is 24.0 Å². The average molecular weight is 559 g/mol. The summed E-state index contributed by atoms with van der Waals surface area (Å²) in [4.78, 5) is 29.7. The summed E-state index contributed by atoms with van der Waals surface area (Å²) in [6.45, 7) is 4.40. The fraction of sp³-hybridized carbons (Fsp3) is 0.258. The zero-order valence-electron chi connectivity index (χ0n) is 23.2. The van der Waals surface area contributed by atoms with Crippen LogP contribution in [0.3, 0.4) is 0 Å². The molecule has 1 saturated heterocycles. The number of anilines is 1. The summed E-state index contributed by atoms with van der Waals surface area (Å²) in [5.74, 6) is 0.0847. The zero-order chi connectivity index (χ0) is 28.9. The quantitative estimate of drug-likeness (QED) is 0.286. The van der Waals surface area contributed by atoms with Gasteiger partial charge in [0.1, 0.15) is 17.3 Å². The maximum Gasteiger partial charge on any atom is 0.358 e. The number of aromatic nitrogens is 2. The van der Waals surface area contributed by atoms with E-state index in [1.807, 2.05) is 29.2 Å². The summed E-state index contributed by atoms with van der Waals surface area (Å²) in [6, 6.07) is 20.7. The Morgan fingerprint density at radius 3 is 2.29 bits per heavy atom. The summed E-state index contributed by atoms with van der Waals surface area (Å²) >= 11 is 0. The minimum atomic E-state index is -0.541. The van der Waals surface area contributed by atoms with Crippen LogP contribution in [0.4, 0.5) is 10.1 Å². The van der Waals surface area contributed by atoms with E-state index in [1.165, 1.54) is 19.2 Å². The van der Waals surface area contributed by atoms with Crippen LogP contribution in [0.1, 0.15) is 27.8 Å². The first-order valence-corrected chi connectivity index (χ1v) is 13.3. The number of nitrogens with zero attached hydrogens (tertiary/aromatic N) is 4. The van der Waals surface area contributed by atoms with Gasteiger partial charge in [0.05, 0.1) is 37.8 Å². The Hall–Kier alpha value is -4.86. The third-order valence-electron chi connectivity index (χ3n) is 6.98. The number of ether oxygens (including phenoxy) is 3. The van der Waals surface area contributed by atoms with Crippen molar-refractivity contribution in [2.24, 2.45) is 0 Å². The summed E-state index contributed by atoms with van der Waals surface area (Å²) in [7, 11) is 3.11. The van der Waals surface area contributed by atoms with E-state index in [2.05, 4.69) is 10.00 Å². The highest BCUT2D eigenvalue weighted by Crippen LogP contribution is 2.29. The molecule has 1 aliphatic heterocycles. The molecule has 1 aromatic heterocycles. The van der Waals surface area contributed by atoms with E-state index in [0.717, 1.165) is 11.3 Å². The molecule has 0 aliphatic carbocycles. The van der Waals surface area contributed by atoms with Gasteiger partial charge in [0.2, 0.25) is 0 Å². The molecule has 4 aromatic rings. The number of piperazine rings is 1. The maximum absolute atomic E-state index is 14.0. The lowest BCUT2D eigenvalue weighted by atomic mass is 10.1. The minimum absolute atomic E-state index is 0.0810. The van der Waals surface area contributed by atoms with E-state index in [-0.39, 0.29) is 18.2 Å². The zero-order valence-corrected chi connectivity index (χ0v) is 23.2. The lowest BCUT2D eigenvalue weighted by molar-refractivity contribution is 0.0518. The fourth-order valence-electron chi connectivity index (χ4n) is 4.85. The predicted octanol–water partition coefficient (Wildman–Crippen LogP) is 4.83. The predicted molar refractivity (Wildman–Crippen MR) is 153 cm³/mol. The number of carbonyl (C=O) groups is 2. The smallest absolute Gasteiger partial charge is 0.358 e. The first kappa shape index (κ1) is 27.7. The molecular weight excluding hydrogens is 527 g/mol. The first-order valence-electron chi connectivity index (χ1n) is 13.3. The standard InChI is InChI=1S/C31H31FN4O5/c1-4-41-31(38)27-20-28(36(33-27)24-7-5-6-22(32)18-24)21-8-10-23(11-9-21)34-14-16-35(17-15-34)30(37)26-13-12-25(39-2)19-29(26)40-3/h5-13,18-20H,4,14-17H2,1-3H3.